The quantitative estimate of drug-likeness (QED) is 0.734. The van der Waals surface area contributed by atoms with Crippen molar-refractivity contribution in [2.75, 3.05) is 19.8 Å². The first-order chi connectivity index (χ1) is 8.10. The summed E-state index contributed by atoms with van der Waals surface area (Å²) in [5.41, 5.74) is -0.833. The van der Waals surface area contributed by atoms with Crippen LogP contribution in [0.1, 0.15) is 39.0 Å². The SMILES string of the molecule is CCCCC(=O)NCC1(C(=O)O)CCOCC1. The topological polar surface area (TPSA) is 75.6 Å². The van der Waals surface area contributed by atoms with Crippen molar-refractivity contribution in [1.29, 1.82) is 0 Å². The molecule has 5 heteroatoms. The van der Waals surface area contributed by atoms with Crippen LogP contribution in [-0.2, 0) is 14.3 Å². The second-order valence-corrected chi connectivity index (χ2v) is 4.58. The highest BCUT2D eigenvalue weighted by atomic mass is 16.5. The first-order valence-electron chi connectivity index (χ1n) is 6.18. The van der Waals surface area contributed by atoms with Crippen LogP contribution in [0, 0.1) is 5.41 Å². The Morgan fingerprint density at radius 3 is 2.53 bits per heavy atom. The number of amides is 1. The van der Waals surface area contributed by atoms with Crippen molar-refractivity contribution in [2.45, 2.75) is 39.0 Å². The van der Waals surface area contributed by atoms with Crippen molar-refractivity contribution in [3.63, 3.8) is 0 Å². The number of ether oxygens (including phenoxy) is 1. The minimum absolute atomic E-state index is 0.0565. The fourth-order valence-corrected chi connectivity index (χ4v) is 1.92. The molecule has 1 heterocycles. The lowest BCUT2D eigenvalue weighted by Crippen LogP contribution is -2.46. The number of rotatable bonds is 6. The van der Waals surface area contributed by atoms with Crippen LogP contribution < -0.4 is 5.32 Å². The summed E-state index contributed by atoms with van der Waals surface area (Å²) in [6.45, 7) is 3.15. The van der Waals surface area contributed by atoms with Crippen LogP contribution in [0.2, 0.25) is 0 Å². The molecule has 1 rings (SSSR count). The summed E-state index contributed by atoms with van der Waals surface area (Å²) in [6, 6.07) is 0. The van der Waals surface area contributed by atoms with Crippen LogP contribution in [0.15, 0.2) is 0 Å². The van der Waals surface area contributed by atoms with E-state index in [1.165, 1.54) is 0 Å². The lowest BCUT2D eigenvalue weighted by atomic mass is 9.80. The molecule has 1 fully saturated rings. The van der Waals surface area contributed by atoms with Crippen LogP contribution in [-0.4, -0.2) is 36.7 Å². The van der Waals surface area contributed by atoms with Gasteiger partial charge in [0.1, 0.15) is 0 Å². The van der Waals surface area contributed by atoms with Crippen LogP contribution in [0.5, 0.6) is 0 Å². The molecular weight excluding hydrogens is 222 g/mol. The molecule has 0 aromatic carbocycles. The highest BCUT2D eigenvalue weighted by molar-refractivity contribution is 5.79. The summed E-state index contributed by atoms with van der Waals surface area (Å²) >= 11 is 0. The van der Waals surface area contributed by atoms with Crippen LogP contribution in [0.25, 0.3) is 0 Å². The number of carbonyl (C=O) groups is 2. The normalized spacial score (nSPS) is 18.6. The van der Waals surface area contributed by atoms with Gasteiger partial charge < -0.3 is 15.2 Å². The van der Waals surface area contributed by atoms with Gasteiger partial charge in [0.25, 0.3) is 0 Å². The van der Waals surface area contributed by atoms with Gasteiger partial charge in [0.05, 0.1) is 5.41 Å². The molecule has 1 aliphatic rings. The molecule has 1 saturated heterocycles. The minimum Gasteiger partial charge on any atom is -0.481 e. The number of aliphatic carboxylic acids is 1. The van der Waals surface area contributed by atoms with Crippen LogP contribution in [0.3, 0.4) is 0 Å². The number of hydrogen-bond donors (Lipinski definition) is 2. The Balaban J connectivity index is 2.44. The second-order valence-electron chi connectivity index (χ2n) is 4.58. The maximum atomic E-state index is 11.5. The van der Waals surface area contributed by atoms with E-state index in [1.807, 2.05) is 6.92 Å². The van der Waals surface area contributed by atoms with Crippen molar-refractivity contribution >= 4 is 11.9 Å². The molecule has 0 aliphatic carbocycles. The zero-order valence-electron chi connectivity index (χ0n) is 10.3. The monoisotopic (exact) mass is 243 g/mol. The van der Waals surface area contributed by atoms with Crippen molar-refractivity contribution in [3.8, 4) is 0 Å². The molecule has 0 bridgehead atoms. The lowest BCUT2D eigenvalue weighted by molar-refractivity contribution is -0.154. The molecule has 0 radical (unpaired) electrons. The number of unbranched alkanes of at least 4 members (excludes halogenated alkanes) is 1. The van der Waals surface area contributed by atoms with Crippen LogP contribution >= 0.6 is 0 Å². The maximum Gasteiger partial charge on any atom is 0.311 e. The highest BCUT2D eigenvalue weighted by Crippen LogP contribution is 2.30. The molecule has 0 spiro atoms. The van der Waals surface area contributed by atoms with Gasteiger partial charge in [0, 0.05) is 26.2 Å². The van der Waals surface area contributed by atoms with Gasteiger partial charge in [-0.3, -0.25) is 9.59 Å². The Labute approximate surface area is 102 Å². The highest BCUT2D eigenvalue weighted by Gasteiger charge is 2.40. The molecule has 0 saturated carbocycles. The van der Waals surface area contributed by atoms with Crippen molar-refractivity contribution in [2.24, 2.45) is 5.41 Å². The molecule has 17 heavy (non-hydrogen) atoms. The van der Waals surface area contributed by atoms with Gasteiger partial charge in [-0.25, -0.2) is 0 Å². The number of hydrogen-bond acceptors (Lipinski definition) is 3. The van der Waals surface area contributed by atoms with E-state index in [1.54, 1.807) is 0 Å². The summed E-state index contributed by atoms with van der Waals surface area (Å²) in [5.74, 6) is -0.893. The third-order valence-electron chi connectivity index (χ3n) is 3.28. The van der Waals surface area contributed by atoms with E-state index >= 15 is 0 Å². The molecule has 1 aliphatic heterocycles. The molecule has 0 atom stereocenters. The summed E-state index contributed by atoms with van der Waals surface area (Å²) < 4.78 is 5.17. The summed E-state index contributed by atoms with van der Waals surface area (Å²) in [4.78, 5) is 22.8. The molecule has 2 N–H and O–H groups in total. The summed E-state index contributed by atoms with van der Waals surface area (Å²) in [5, 5.41) is 12.0. The Kier molecular flexibility index (Phi) is 5.41. The molecular formula is C12H21NO4. The molecule has 98 valence electrons. The summed E-state index contributed by atoms with van der Waals surface area (Å²) in [7, 11) is 0. The summed E-state index contributed by atoms with van der Waals surface area (Å²) in [6.07, 6.45) is 3.22. The molecule has 0 aromatic heterocycles. The predicted molar refractivity (Wildman–Crippen MR) is 62.7 cm³/mol. The van der Waals surface area contributed by atoms with E-state index in [-0.39, 0.29) is 12.5 Å². The molecule has 0 aromatic rings. The zero-order chi connectivity index (χ0) is 12.7. The Morgan fingerprint density at radius 2 is 2.00 bits per heavy atom. The van der Waals surface area contributed by atoms with E-state index in [0.29, 0.717) is 32.5 Å². The molecule has 0 unspecified atom stereocenters. The zero-order valence-corrected chi connectivity index (χ0v) is 10.3. The van der Waals surface area contributed by atoms with E-state index in [4.69, 9.17) is 4.74 Å². The Bertz CT molecular complexity index is 272. The average Bonchev–Trinajstić information content (AvgIpc) is 2.34. The second kappa shape index (κ2) is 6.59. The average molecular weight is 243 g/mol. The van der Waals surface area contributed by atoms with Gasteiger partial charge in [-0.05, 0) is 19.3 Å². The Morgan fingerprint density at radius 1 is 1.35 bits per heavy atom. The number of carboxylic acids is 1. The number of carbonyl (C=O) groups excluding carboxylic acids is 1. The van der Waals surface area contributed by atoms with Gasteiger partial charge in [0.15, 0.2) is 0 Å². The van der Waals surface area contributed by atoms with E-state index in [0.717, 1.165) is 12.8 Å². The van der Waals surface area contributed by atoms with Gasteiger partial charge in [0.2, 0.25) is 5.91 Å². The van der Waals surface area contributed by atoms with Gasteiger partial charge >= 0.3 is 5.97 Å². The number of nitrogens with one attached hydrogen (secondary N) is 1. The van der Waals surface area contributed by atoms with Gasteiger partial charge in [-0.1, -0.05) is 13.3 Å². The first kappa shape index (κ1) is 14.0. The van der Waals surface area contributed by atoms with Gasteiger partial charge in [-0.2, -0.15) is 0 Å². The minimum atomic E-state index is -0.836. The first-order valence-corrected chi connectivity index (χ1v) is 6.18. The third-order valence-corrected chi connectivity index (χ3v) is 3.28. The van der Waals surface area contributed by atoms with Crippen molar-refractivity contribution < 1.29 is 19.4 Å². The van der Waals surface area contributed by atoms with Crippen molar-refractivity contribution in [3.05, 3.63) is 0 Å². The molecule has 5 nitrogen and oxygen atoms in total. The Hall–Kier alpha value is -1.10. The largest absolute Gasteiger partial charge is 0.481 e. The van der Waals surface area contributed by atoms with Gasteiger partial charge in [-0.15, -0.1) is 0 Å². The standard InChI is InChI=1S/C12H21NO4/c1-2-3-4-10(14)13-9-12(11(15)16)5-7-17-8-6-12/h2-9H2,1H3,(H,13,14)(H,15,16). The van der Waals surface area contributed by atoms with Crippen LogP contribution in [0.4, 0.5) is 0 Å². The fourth-order valence-electron chi connectivity index (χ4n) is 1.92. The smallest absolute Gasteiger partial charge is 0.311 e. The van der Waals surface area contributed by atoms with Crippen molar-refractivity contribution in [1.82, 2.24) is 5.32 Å². The predicted octanol–water partition coefficient (Wildman–Crippen LogP) is 1.17. The van der Waals surface area contributed by atoms with E-state index < -0.39 is 11.4 Å². The fraction of sp³-hybridized carbons (Fsp3) is 0.833. The lowest BCUT2D eigenvalue weighted by Gasteiger charge is -2.33. The third kappa shape index (κ3) is 4.00. The maximum absolute atomic E-state index is 11.5. The van der Waals surface area contributed by atoms with E-state index in [9.17, 15) is 14.7 Å². The number of carboxylic acid groups (broad SMARTS) is 1. The van der Waals surface area contributed by atoms with E-state index in [2.05, 4.69) is 5.32 Å². The molecule has 1 amide bonds.